The van der Waals surface area contributed by atoms with Crippen LogP contribution in [0.2, 0.25) is 0 Å². The van der Waals surface area contributed by atoms with Gasteiger partial charge in [-0.1, -0.05) is 18.2 Å². The standard InChI is InChI=1S/C19H20N2O3/c1-21(2)16-7-3-15(4-8-16)12-20-19(22)10-6-14-5-9-17-18(11-14)24-13-23-17/h3-11H,12-13H2,1-2H3,(H,20,22)/b10-6+. The highest BCUT2D eigenvalue weighted by atomic mass is 16.7. The van der Waals surface area contributed by atoms with Gasteiger partial charge in [0.2, 0.25) is 12.7 Å². The van der Waals surface area contributed by atoms with Crippen molar-refractivity contribution < 1.29 is 14.3 Å². The molecule has 0 fully saturated rings. The maximum Gasteiger partial charge on any atom is 0.244 e. The molecule has 1 aliphatic rings. The zero-order valence-electron chi connectivity index (χ0n) is 13.8. The monoisotopic (exact) mass is 324 g/mol. The molecule has 24 heavy (non-hydrogen) atoms. The van der Waals surface area contributed by atoms with Crippen molar-refractivity contribution in [1.82, 2.24) is 5.32 Å². The third kappa shape index (κ3) is 3.87. The predicted molar refractivity (Wildman–Crippen MR) is 94.2 cm³/mol. The first-order chi connectivity index (χ1) is 11.6. The van der Waals surface area contributed by atoms with Gasteiger partial charge < -0.3 is 19.7 Å². The van der Waals surface area contributed by atoms with Crippen molar-refractivity contribution in [1.29, 1.82) is 0 Å². The van der Waals surface area contributed by atoms with E-state index in [1.807, 2.05) is 61.5 Å². The summed E-state index contributed by atoms with van der Waals surface area (Å²) in [5.74, 6) is 1.31. The Hall–Kier alpha value is -2.95. The summed E-state index contributed by atoms with van der Waals surface area (Å²) in [4.78, 5) is 14.0. The van der Waals surface area contributed by atoms with Gasteiger partial charge in [0.15, 0.2) is 11.5 Å². The zero-order chi connectivity index (χ0) is 16.9. The first kappa shape index (κ1) is 15.9. The molecule has 5 heteroatoms. The Balaban J connectivity index is 1.53. The molecule has 1 aliphatic heterocycles. The van der Waals surface area contributed by atoms with Gasteiger partial charge in [0.25, 0.3) is 0 Å². The number of benzene rings is 2. The minimum absolute atomic E-state index is 0.135. The Morgan fingerprint density at radius 3 is 2.62 bits per heavy atom. The largest absolute Gasteiger partial charge is 0.454 e. The summed E-state index contributed by atoms with van der Waals surface area (Å²) in [6, 6.07) is 13.7. The van der Waals surface area contributed by atoms with Crippen LogP contribution in [0.5, 0.6) is 11.5 Å². The number of anilines is 1. The summed E-state index contributed by atoms with van der Waals surface area (Å²) < 4.78 is 10.6. The van der Waals surface area contributed by atoms with Gasteiger partial charge >= 0.3 is 0 Å². The highest BCUT2D eigenvalue weighted by Crippen LogP contribution is 2.32. The summed E-state index contributed by atoms with van der Waals surface area (Å²) in [5.41, 5.74) is 3.09. The van der Waals surface area contributed by atoms with Gasteiger partial charge in [-0.15, -0.1) is 0 Å². The molecule has 0 aromatic heterocycles. The lowest BCUT2D eigenvalue weighted by molar-refractivity contribution is -0.116. The van der Waals surface area contributed by atoms with Crippen molar-refractivity contribution in [2.75, 3.05) is 25.8 Å². The van der Waals surface area contributed by atoms with Crippen LogP contribution in [0, 0.1) is 0 Å². The molecule has 0 atom stereocenters. The average Bonchev–Trinajstić information content (AvgIpc) is 3.06. The summed E-state index contributed by atoms with van der Waals surface area (Å²) in [5, 5.41) is 2.87. The number of amides is 1. The normalized spacial score (nSPS) is 12.4. The van der Waals surface area contributed by atoms with E-state index in [9.17, 15) is 4.79 Å². The summed E-state index contributed by atoms with van der Waals surface area (Å²) >= 11 is 0. The van der Waals surface area contributed by atoms with E-state index in [4.69, 9.17) is 9.47 Å². The number of hydrogen-bond donors (Lipinski definition) is 1. The molecule has 0 unspecified atom stereocenters. The van der Waals surface area contributed by atoms with Crippen LogP contribution in [-0.4, -0.2) is 26.8 Å². The molecule has 0 bridgehead atoms. The molecule has 0 saturated heterocycles. The minimum atomic E-state index is -0.135. The van der Waals surface area contributed by atoms with E-state index in [-0.39, 0.29) is 12.7 Å². The van der Waals surface area contributed by atoms with Crippen LogP contribution in [0.25, 0.3) is 6.08 Å². The molecule has 0 aliphatic carbocycles. The van der Waals surface area contributed by atoms with Crippen molar-refractivity contribution in [2.24, 2.45) is 0 Å². The van der Waals surface area contributed by atoms with Crippen LogP contribution < -0.4 is 19.7 Å². The van der Waals surface area contributed by atoms with E-state index >= 15 is 0 Å². The number of ether oxygens (including phenoxy) is 2. The van der Waals surface area contributed by atoms with Gasteiger partial charge in [-0.05, 0) is 41.5 Å². The van der Waals surface area contributed by atoms with Crippen LogP contribution in [0.15, 0.2) is 48.5 Å². The molecular weight excluding hydrogens is 304 g/mol. The van der Waals surface area contributed by atoms with Crippen molar-refractivity contribution in [3.8, 4) is 11.5 Å². The van der Waals surface area contributed by atoms with Gasteiger partial charge in [-0.2, -0.15) is 0 Å². The fraction of sp³-hybridized carbons (Fsp3) is 0.211. The number of rotatable bonds is 5. The van der Waals surface area contributed by atoms with Crippen LogP contribution in [0.3, 0.4) is 0 Å². The van der Waals surface area contributed by atoms with Gasteiger partial charge in [-0.25, -0.2) is 0 Å². The Morgan fingerprint density at radius 1 is 1.12 bits per heavy atom. The lowest BCUT2D eigenvalue weighted by Crippen LogP contribution is -2.20. The third-order valence-electron chi connectivity index (χ3n) is 3.74. The minimum Gasteiger partial charge on any atom is -0.454 e. The molecule has 124 valence electrons. The van der Waals surface area contributed by atoms with Gasteiger partial charge in [-0.3, -0.25) is 4.79 Å². The fourth-order valence-electron chi connectivity index (χ4n) is 2.35. The number of carbonyl (C=O) groups is 1. The number of nitrogens with one attached hydrogen (secondary N) is 1. The fourth-order valence-corrected chi connectivity index (χ4v) is 2.35. The Labute approximate surface area is 141 Å². The highest BCUT2D eigenvalue weighted by Gasteiger charge is 2.12. The third-order valence-corrected chi connectivity index (χ3v) is 3.74. The topological polar surface area (TPSA) is 50.8 Å². The van der Waals surface area contributed by atoms with Gasteiger partial charge in [0.05, 0.1) is 0 Å². The summed E-state index contributed by atoms with van der Waals surface area (Å²) in [6.07, 6.45) is 3.28. The highest BCUT2D eigenvalue weighted by molar-refractivity contribution is 5.91. The first-order valence-electron chi connectivity index (χ1n) is 7.73. The Bertz CT molecular complexity index is 752. The van der Waals surface area contributed by atoms with Crippen molar-refractivity contribution in [3.63, 3.8) is 0 Å². The lowest BCUT2D eigenvalue weighted by Gasteiger charge is -2.12. The molecule has 1 amide bonds. The van der Waals surface area contributed by atoms with Crippen molar-refractivity contribution in [2.45, 2.75) is 6.54 Å². The maximum atomic E-state index is 11.9. The van der Waals surface area contributed by atoms with E-state index < -0.39 is 0 Å². The number of hydrogen-bond acceptors (Lipinski definition) is 4. The second kappa shape index (κ2) is 7.08. The molecule has 1 N–H and O–H groups in total. The van der Waals surface area contributed by atoms with E-state index in [0.29, 0.717) is 12.3 Å². The maximum absolute atomic E-state index is 11.9. The van der Waals surface area contributed by atoms with E-state index in [1.54, 1.807) is 6.08 Å². The second-order valence-electron chi connectivity index (χ2n) is 5.72. The SMILES string of the molecule is CN(C)c1ccc(CNC(=O)/C=C/c2ccc3c(c2)OCO3)cc1. The smallest absolute Gasteiger partial charge is 0.244 e. The number of nitrogens with zero attached hydrogens (tertiary/aromatic N) is 1. The summed E-state index contributed by atoms with van der Waals surface area (Å²) in [6.45, 7) is 0.744. The van der Waals surface area contributed by atoms with Gasteiger partial charge in [0, 0.05) is 32.4 Å². The molecule has 2 aromatic carbocycles. The first-order valence-corrected chi connectivity index (χ1v) is 7.73. The molecule has 2 aromatic rings. The van der Waals surface area contributed by atoms with Crippen LogP contribution in [0.1, 0.15) is 11.1 Å². The molecule has 5 nitrogen and oxygen atoms in total. The molecule has 3 rings (SSSR count). The van der Waals surface area contributed by atoms with Crippen molar-refractivity contribution >= 4 is 17.7 Å². The Kier molecular flexibility index (Phi) is 4.70. The van der Waals surface area contributed by atoms with Crippen LogP contribution in [0.4, 0.5) is 5.69 Å². The van der Waals surface area contributed by atoms with Crippen LogP contribution >= 0.6 is 0 Å². The molecule has 1 heterocycles. The van der Waals surface area contributed by atoms with Crippen molar-refractivity contribution in [3.05, 3.63) is 59.7 Å². The average molecular weight is 324 g/mol. The lowest BCUT2D eigenvalue weighted by atomic mass is 10.2. The summed E-state index contributed by atoms with van der Waals surface area (Å²) in [7, 11) is 4.00. The Morgan fingerprint density at radius 2 is 1.88 bits per heavy atom. The van der Waals surface area contributed by atoms with E-state index in [2.05, 4.69) is 5.32 Å². The number of carbonyl (C=O) groups excluding carboxylic acids is 1. The molecule has 0 radical (unpaired) electrons. The molecule has 0 saturated carbocycles. The van der Waals surface area contributed by atoms with E-state index in [1.165, 1.54) is 6.08 Å². The predicted octanol–water partition coefficient (Wildman–Crippen LogP) is 2.81. The van der Waals surface area contributed by atoms with E-state index in [0.717, 1.165) is 22.6 Å². The molecular formula is C19H20N2O3. The molecule has 0 spiro atoms. The quantitative estimate of drug-likeness (QED) is 0.859. The second-order valence-corrected chi connectivity index (χ2v) is 5.72. The number of fused-ring (bicyclic) bond motifs is 1. The van der Waals surface area contributed by atoms with Gasteiger partial charge in [0.1, 0.15) is 0 Å². The van der Waals surface area contributed by atoms with Crippen LogP contribution in [-0.2, 0) is 11.3 Å². The zero-order valence-corrected chi connectivity index (χ0v) is 13.8.